The highest BCUT2D eigenvalue weighted by Gasteiger charge is 2.13. The second-order valence-corrected chi connectivity index (χ2v) is 7.13. The van der Waals surface area contributed by atoms with Crippen LogP contribution in [0, 0.1) is 0 Å². The zero-order valence-electron chi connectivity index (χ0n) is 12.0. The molecule has 22 heavy (non-hydrogen) atoms. The molecule has 126 valence electrons. The number of halogens is 2. The first kappa shape index (κ1) is 21.3. The van der Waals surface area contributed by atoms with Crippen LogP contribution in [0.15, 0.2) is 33.6 Å². The number of rotatable bonds is 9. The zero-order chi connectivity index (χ0) is 15.7. The van der Waals surface area contributed by atoms with Gasteiger partial charge in [0, 0.05) is 24.0 Å². The summed E-state index contributed by atoms with van der Waals surface area (Å²) in [6.07, 6.45) is 1.79. The molecule has 1 amide bonds. The lowest BCUT2D eigenvalue weighted by Gasteiger charge is -2.07. The van der Waals surface area contributed by atoms with E-state index in [1.54, 1.807) is 12.1 Å². The van der Waals surface area contributed by atoms with Gasteiger partial charge < -0.3 is 11.1 Å². The van der Waals surface area contributed by atoms with Crippen LogP contribution >= 0.6 is 28.3 Å². The maximum atomic E-state index is 12.0. The zero-order valence-corrected chi connectivity index (χ0v) is 15.3. The van der Waals surface area contributed by atoms with Crippen molar-refractivity contribution in [2.75, 3.05) is 19.6 Å². The van der Waals surface area contributed by atoms with Gasteiger partial charge in [-0.2, -0.15) is 0 Å². The van der Waals surface area contributed by atoms with Crippen molar-refractivity contribution in [2.45, 2.75) is 24.2 Å². The van der Waals surface area contributed by atoms with Gasteiger partial charge in [-0.05, 0) is 43.7 Å². The van der Waals surface area contributed by atoms with Crippen LogP contribution in [0.4, 0.5) is 0 Å². The molecular weight excluding hydrogens is 394 g/mol. The molecule has 0 heterocycles. The summed E-state index contributed by atoms with van der Waals surface area (Å²) in [4.78, 5) is 11.7. The maximum Gasteiger partial charge on any atom is 0.240 e. The van der Waals surface area contributed by atoms with E-state index in [4.69, 9.17) is 5.73 Å². The highest BCUT2D eigenvalue weighted by atomic mass is 79.9. The summed E-state index contributed by atoms with van der Waals surface area (Å²) >= 11 is 3.24. The summed E-state index contributed by atoms with van der Waals surface area (Å²) < 4.78 is 27.1. The van der Waals surface area contributed by atoms with Gasteiger partial charge in [0.1, 0.15) is 0 Å². The first-order chi connectivity index (χ1) is 9.95. The van der Waals surface area contributed by atoms with Crippen LogP contribution in [-0.2, 0) is 14.8 Å². The highest BCUT2D eigenvalue weighted by Crippen LogP contribution is 2.14. The van der Waals surface area contributed by atoms with Gasteiger partial charge in [0.2, 0.25) is 15.9 Å². The molecule has 0 fully saturated rings. The van der Waals surface area contributed by atoms with Crippen molar-refractivity contribution in [1.82, 2.24) is 10.0 Å². The highest BCUT2D eigenvalue weighted by molar-refractivity contribution is 9.10. The van der Waals surface area contributed by atoms with Crippen LogP contribution in [0.5, 0.6) is 0 Å². The maximum absolute atomic E-state index is 12.0. The Morgan fingerprint density at radius 2 is 1.77 bits per heavy atom. The molecule has 4 N–H and O–H groups in total. The normalized spacial score (nSPS) is 10.8. The monoisotopic (exact) mass is 413 g/mol. The van der Waals surface area contributed by atoms with E-state index in [2.05, 4.69) is 26.0 Å². The van der Waals surface area contributed by atoms with Crippen LogP contribution in [0.25, 0.3) is 0 Å². The third-order valence-electron chi connectivity index (χ3n) is 2.72. The number of sulfonamides is 1. The quantitative estimate of drug-likeness (QED) is 0.532. The van der Waals surface area contributed by atoms with Gasteiger partial charge in [-0.3, -0.25) is 4.79 Å². The Hall–Kier alpha value is -0.670. The van der Waals surface area contributed by atoms with E-state index < -0.39 is 10.0 Å². The Morgan fingerprint density at radius 3 is 2.36 bits per heavy atom. The molecule has 1 aromatic rings. The molecule has 0 aromatic heterocycles. The van der Waals surface area contributed by atoms with E-state index in [9.17, 15) is 13.2 Å². The van der Waals surface area contributed by atoms with Gasteiger partial charge in [0.25, 0.3) is 0 Å². The Balaban J connectivity index is 0.00000441. The molecule has 6 nitrogen and oxygen atoms in total. The predicted octanol–water partition coefficient (Wildman–Crippen LogP) is 1.39. The predicted molar refractivity (Wildman–Crippen MR) is 92.5 cm³/mol. The minimum atomic E-state index is -3.57. The van der Waals surface area contributed by atoms with Crippen molar-refractivity contribution in [2.24, 2.45) is 5.73 Å². The minimum Gasteiger partial charge on any atom is -0.356 e. The van der Waals surface area contributed by atoms with Crippen LogP contribution in [0.3, 0.4) is 0 Å². The average Bonchev–Trinajstić information content (AvgIpc) is 2.44. The number of amides is 1. The molecular formula is C13H21BrClN3O3S. The molecule has 0 spiro atoms. The van der Waals surface area contributed by atoms with E-state index in [1.807, 2.05) is 0 Å². The van der Waals surface area contributed by atoms with Gasteiger partial charge in [-0.25, -0.2) is 13.1 Å². The fourth-order valence-electron chi connectivity index (χ4n) is 1.58. The van der Waals surface area contributed by atoms with Gasteiger partial charge in [0.15, 0.2) is 0 Å². The van der Waals surface area contributed by atoms with Gasteiger partial charge >= 0.3 is 0 Å². The van der Waals surface area contributed by atoms with Crippen molar-refractivity contribution in [3.05, 3.63) is 28.7 Å². The van der Waals surface area contributed by atoms with Crippen LogP contribution in [0.1, 0.15) is 19.3 Å². The van der Waals surface area contributed by atoms with E-state index in [-0.39, 0.29) is 36.2 Å². The van der Waals surface area contributed by atoms with E-state index >= 15 is 0 Å². The third-order valence-corrected chi connectivity index (χ3v) is 4.73. The van der Waals surface area contributed by atoms with Crippen molar-refractivity contribution in [3.8, 4) is 0 Å². The molecule has 0 aliphatic rings. The van der Waals surface area contributed by atoms with Crippen molar-refractivity contribution in [1.29, 1.82) is 0 Å². The standard InChI is InChI=1S/C13H20BrN3O3S.ClH/c14-11-3-5-12(6-4-11)21(19,20)17-10-7-13(18)16-9-2-1-8-15;/h3-6,17H,1-2,7-10,15H2,(H,16,18);1H. The fraction of sp³-hybridized carbons (Fsp3) is 0.462. The molecule has 0 atom stereocenters. The number of hydrogen-bond acceptors (Lipinski definition) is 4. The van der Waals surface area contributed by atoms with Crippen molar-refractivity contribution < 1.29 is 13.2 Å². The number of benzene rings is 1. The van der Waals surface area contributed by atoms with E-state index in [1.165, 1.54) is 12.1 Å². The summed E-state index contributed by atoms with van der Waals surface area (Å²) in [6.45, 7) is 1.24. The lowest BCUT2D eigenvalue weighted by atomic mass is 10.3. The van der Waals surface area contributed by atoms with Crippen molar-refractivity contribution in [3.63, 3.8) is 0 Å². The molecule has 1 rings (SSSR count). The summed E-state index contributed by atoms with van der Waals surface area (Å²) in [7, 11) is -3.57. The second kappa shape index (κ2) is 11.0. The smallest absolute Gasteiger partial charge is 0.240 e. The Bertz CT molecular complexity index is 552. The molecule has 0 radical (unpaired) electrons. The first-order valence-corrected chi connectivity index (χ1v) is 8.95. The number of hydrogen-bond donors (Lipinski definition) is 3. The topological polar surface area (TPSA) is 101 Å². The minimum absolute atomic E-state index is 0. The summed E-state index contributed by atoms with van der Waals surface area (Å²) in [5, 5.41) is 2.72. The lowest BCUT2D eigenvalue weighted by Crippen LogP contribution is -2.31. The van der Waals surface area contributed by atoms with E-state index in [0.717, 1.165) is 17.3 Å². The van der Waals surface area contributed by atoms with Gasteiger partial charge in [0.05, 0.1) is 4.90 Å². The number of carbonyl (C=O) groups excluding carboxylic acids is 1. The molecule has 1 aromatic carbocycles. The number of nitrogens with one attached hydrogen (secondary N) is 2. The van der Waals surface area contributed by atoms with Crippen molar-refractivity contribution >= 4 is 44.3 Å². The fourth-order valence-corrected chi connectivity index (χ4v) is 2.88. The molecule has 0 aliphatic heterocycles. The van der Waals surface area contributed by atoms with E-state index in [0.29, 0.717) is 13.1 Å². The molecule has 0 unspecified atom stereocenters. The Kier molecular flexibility index (Phi) is 10.6. The number of nitrogens with two attached hydrogens (primary N) is 1. The molecule has 0 bridgehead atoms. The SMILES string of the molecule is Cl.NCCCCNC(=O)CCNS(=O)(=O)c1ccc(Br)cc1. The lowest BCUT2D eigenvalue weighted by molar-refractivity contribution is -0.120. The number of carbonyl (C=O) groups is 1. The first-order valence-electron chi connectivity index (χ1n) is 6.67. The molecule has 9 heteroatoms. The summed E-state index contributed by atoms with van der Waals surface area (Å²) in [6, 6.07) is 6.30. The summed E-state index contributed by atoms with van der Waals surface area (Å²) in [5.41, 5.74) is 5.35. The molecule has 0 saturated heterocycles. The Labute approximate surface area is 145 Å². The van der Waals surface area contributed by atoms with Crippen LogP contribution in [-0.4, -0.2) is 34.0 Å². The Morgan fingerprint density at radius 1 is 1.14 bits per heavy atom. The van der Waals surface area contributed by atoms with Crippen LogP contribution in [0.2, 0.25) is 0 Å². The third kappa shape index (κ3) is 8.09. The van der Waals surface area contributed by atoms with Gasteiger partial charge in [-0.1, -0.05) is 15.9 Å². The second-order valence-electron chi connectivity index (χ2n) is 4.45. The number of unbranched alkanes of at least 4 members (excludes halogenated alkanes) is 1. The largest absolute Gasteiger partial charge is 0.356 e. The van der Waals surface area contributed by atoms with Crippen LogP contribution < -0.4 is 15.8 Å². The molecule has 0 aliphatic carbocycles. The van der Waals surface area contributed by atoms with Gasteiger partial charge in [-0.15, -0.1) is 12.4 Å². The summed E-state index contributed by atoms with van der Waals surface area (Å²) in [5.74, 6) is -0.175. The molecule has 0 saturated carbocycles. The average molecular weight is 415 g/mol.